The summed E-state index contributed by atoms with van der Waals surface area (Å²) in [5, 5.41) is 0. The molecule has 1 aliphatic heterocycles. The number of hydrogen-bond acceptors (Lipinski definition) is 5. The maximum atomic E-state index is 5.79. The van der Waals surface area contributed by atoms with Crippen LogP contribution in [0.2, 0.25) is 0 Å². The second-order valence-electron chi connectivity index (χ2n) is 5.35. The molecule has 0 aliphatic carbocycles. The van der Waals surface area contributed by atoms with E-state index in [1.54, 1.807) is 0 Å². The van der Waals surface area contributed by atoms with Gasteiger partial charge in [0.05, 0.1) is 13.2 Å². The van der Waals surface area contributed by atoms with Crippen LogP contribution in [0, 0.1) is 0 Å². The van der Waals surface area contributed by atoms with E-state index in [4.69, 9.17) is 22.8 Å². The average molecular weight is 321 g/mol. The fourth-order valence-corrected chi connectivity index (χ4v) is 3.02. The maximum Gasteiger partial charge on any atom is 0.484 e. The van der Waals surface area contributed by atoms with Crippen LogP contribution in [-0.2, 0) is 22.8 Å². The molecule has 1 atom stereocenters. The lowest BCUT2D eigenvalue weighted by molar-refractivity contribution is 0.0814. The zero-order chi connectivity index (χ0) is 15.2. The zero-order valence-electron chi connectivity index (χ0n) is 13.7. The van der Waals surface area contributed by atoms with Crippen molar-refractivity contribution in [3.05, 3.63) is 0 Å². The van der Waals surface area contributed by atoms with Crippen molar-refractivity contribution in [1.29, 1.82) is 0 Å². The smallest absolute Gasteiger partial charge is 0.379 e. The molecule has 0 N–H and O–H groups in total. The molecule has 1 aliphatic rings. The van der Waals surface area contributed by atoms with E-state index in [1.807, 2.05) is 0 Å². The largest absolute Gasteiger partial charge is 0.484 e. The van der Waals surface area contributed by atoms with Gasteiger partial charge in [0.25, 0.3) is 0 Å². The van der Waals surface area contributed by atoms with Crippen molar-refractivity contribution in [3.8, 4) is 0 Å². The minimum atomic E-state index is -1.92. The van der Waals surface area contributed by atoms with Crippen LogP contribution in [0.4, 0.5) is 0 Å². The Bertz CT molecular complexity index is 216. The predicted molar refractivity (Wildman–Crippen MR) is 84.6 cm³/mol. The van der Waals surface area contributed by atoms with Crippen molar-refractivity contribution in [2.45, 2.75) is 58.5 Å². The molecule has 0 aromatic heterocycles. The molecule has 1 heterocycles. The zero-order valence-corrected chi connectivity index (χ0v) is 14.8. The van der Waals surface area contributed by atoms with Crippen molar-refractivity contribution in [2.24, 2.45) is 0 Å². The summed E-state index contributed by atoms with van der Waals surface area (Å²) in [5.74, 6) is 0. The van der Waals surface area contributed by atoms with Crippen LogP contribution < -0.4 is 0 Å². The molecule has 0 aromatic carbocycles. The molecule has 0 spiro atoms. The maximum absolute atomic E-state index is 5.79. The second kappa shape index (κ2) is 13.7. The lowest BCUT2D eigenvalue weighted by atomic mass is 10.3. The first-order valence-corrected chi connectivity index (χ1v) is 9.82. The molecule has 21 heavy (non-hydrogen) atoms. The van der Waals surface area contributed by atoms with Gasteiger partial charge in [0, 0.05) is 26.4 Å². The van der Waals surface area contributed by atoms with Gasteiger partial charge in [-0.2, -0.15) is 0 Å². The van der Waals surface area contributed by atoms with Crippen LogP contribution in [0.3, 0.4) is 0 Å². The summed E-state index contributed by atoms with van der Waals surface area (Å²) in [7, 11) is -1.92. The summed E-state index contributed by atoms with van der Waals surface area (Å²) in [5.41, 5.74) is 0. The van der Waals surface area contributed by atoms with Gasteiger partial charge in [0.1, 0.15) is 6.10 Å². The summed E-state index contributed by atoms with van der Waals surface area (Å²) in [6.45, 7) is 8.91. The fraction of sp³-hybridized carbons (Fsp3) is 1.00. The van der Waals surface area contributed by atoms with Crippen molar-refractivity contribution in [3.63, 3.8) is 0 Å². The Morgan fingerprint density at radius 3 is 1.90 bits per heavy atom. The predicted octanol–water partition coefficient (Wildman–Crippen LogP) is 2.55. The van der Waals surface area contributed by atoms with Gasteiger partial charge in [-0.1, -0.05) is 26.7 Å². The van der Waals surface area contributed by atoms with E-state index in [0.29, 0.717) is 12.7 Å². The van der Waals surface area contributed by atoms with Crippen molar-refractivity contribution in [2.75, 3.05) is 39.6 Å². The van der Waals surface area contributed by atoms with Crippen LogP contribution in [0.25, 0.3) is 0 Å². The van der Waals surface area contributed by atoms with E-state index in [-0.39, 0.29) is 0 Å². The number of hydrogen-bond donors (Lipinski definition) is 0. The molecule has 6 heteroatoms. The standard InChI is InChI=1S/C15H32O5Si/c1-3-5-10-18-21(19-11-6-4-2)20-12-8-7-9-16-13-15-14-17-15/h15,21H,3-14H2,1-2H3. The Hall–Kier alpha value is 0.0169. The molecule has 1 saturated heterocycles. The molecule has 0 aromatic rings. The van der Waals surface area contributed by atoms with Gasteiger partial charge in [-0.25, -0.2) is 0 Å². The van der Waals surface area contributed by atoms with Gasteiger partial charge in [-0.05, 0) is 25.7 Å². The highest BCUT2D eigenvalue weighted by atomic mass is 28.3. The van der Waals surface area contributed by atoms with Crippen molar-refractivity contribution < 1.29 is 22.8 Å². The van der Waals surface area contributed by atoms with Crippen LogP contribution in [-0.4, -0.2) is 55.3 Å². The van der Waals surface area contributed by atoms with Gasteiger partial charge in [0.15, 0.2) is 0 Å². The lowest BCUT2D eigenvalue weighted by Crippen LogP contribution is -2.28. The third-order valence-corrected chi connectivity index (χ3v) is 4.67. The van der Waals surface area contributed by atoms with Crippen molar-refractivity contribution in [1.82, 2.24) is 0 Å². The van der Waals surface area contributed by atoms with E-state index >= 15 is 0 Å². The topological polar surface area (TPSA) is 49.5 Å². The van der Waals surface area contributed by atoms with E-state index in [0.717, 1.165) is 71.6 Å². The van der Waals surface area contributed by atoms with Crippen LogP contribution >= 0.6 is 0 Å². The highest BCUT2D eigenvalue weighted by Gasteiger charge is 2.22. The molecule has 0 radical (unpaired) electrons. The first-order valence-electron chi connectivity index (χ1n) is 8.41. The first kappa shape index (κ1) is 19.1. The summed E-state index contributed by atoms with van der Waals surface area (Å²) in [6, 6.07) is 0. The fourth-order valence-electron chi connectivity index (χ4n) is 1.66. The summed E-state index contributed by atoms with van der Waals surface area (Å²) >= 11 is 0. The summed E-state index contributed by atoms with van der Waals surface area (Å²) in [4.78, 5) is 0. The molecule has 5 nitrogen and oxygen atoms in total. The van der Waals surface area contributed by atoms with E-state index in [2.05, 4.69) is 13.8 Å². The summed E-state index contributed by atoms with van der Waals surface area (Å²) < 4.78 is 27.9. The van der Waals surface area contributed by atoms with Crippen LogP contribution in [0.5, 0.6) is 0 Å². The lowest BCUT2D eigenvalue weighted by Gasteiger charge is -2.16. The van der Waals surface area contributed by atoms with Gasteiger partial charge >= 0.3 is 9.53 Å². The second-order valence-corrected chi connectivity index (χ2v) is 6.92. The Morgan fingerprint density at radius 2 is 1.38 bits per heavy atom. The van der Waals surface area contributed by atoms with Gasteiger partial charge in [0.2, 0.25) is 0 Å². The molecular weight excluding hydrogens is 288 g/mol. The average Bonchev–Trinajstić information content (AvgIpc) is 3.30. The minimum absolute atomic E-state index is 0.358. The van der Waals surface area contributed by atoms with Crippen LogP contribution in [0.1, 0.15) is 52.4 Å². The molecular formula is C15H32O5Si. The highest BCUT2D eigenvalue weighted by Crippen LogP contribution is 2.08. The van der Waals surface area contributed by atoms with Gasteiger partial charge < -0.3 is 22.8 Å². The number of epoxide rings is 1. The van der Waals surface area contributed by atoms with E-state index in [9.17, 15) is 0 Å². The number of ether oxygens (including phenoxy) is 2. The Morgan fingerprint density at radius 1 is 0.857 bits per heavy atom. The van der Waals surface area contributed by atoms with E-state index < -0.39 is 9.53 Å². The normalized spacial score (nSPS) is 17.6. The van der Waals surface area contributed by atoms with Gasteiger partial charge in [-0.15, -0.1) is 0 Å². The minimum Gasteiger partial charge on any atom is -0.379 e. The third kappa shape index (κ3) is 12.3. The SMILES string of the molecule is CCCCO[SiH](OCCCC)OCCCCOCC1CO1. The van der Waals surface area contributed by atoms with E-state index in [1.165, 1.54) is 0 Å². The first-order chi connectivity index (χ1) is 10.4. The third-order valence-electron chi connectivity index (χ3n) is 3.15. The Labute approximate surface area is 131 Å². The Kier molecular flexibility index (Phi) is 12.4. The van der Waals surface area contributed by atoms with Gasteiger partial charge in [-0.3, -0.25) is 0 Å². The van der Waals surface area contributed by atoms with Crippen LogP contribution in [0.15, 0.2) is 0 Å². The monoisotopic (exact) mass is 320 g/mol. The molecule has 0 bridgehead atoms. The number of unbranched alkanes of at least 4 members (excludes halogenated alkanes) is 3. The molecule has 1 rings (SSSR count). The number of rotatable bonds is 16. The molecule has 1 fully saturated rings. The summed E-state index contributed by atoms with van der Waals surface area (Å²) in [6.07, 6.45) is 6.77. The molecule has 0 amide bonds. The molecule has 126 valence electrons. The highest BCUT2D eigenvalue weighted by molar-refractivity contribution is 6.36. The Balaban J connectivity index is 1.94. The molecule has 1 unspecified atom stereocenters. The van der Waals surface area contributed by atoms with Crippen molar-refractivity contribution >= 4 is 9.53 Å². The molecule has 0 saturated carbocycles. The quantitative estimate of drug-likeness (QED) is 0.248.